The Hall–Kier alpha value is -1.59. The molecule has 0 saturated carbocycles. The maximum absolute atomic E-state index is 5.53. The first-order valence-electron chi connectivity index (χ1n) is 6.71. The summed E-state index contributed by atoms with van der Waals surface area (Å²) in [6, 6.07) is 12.2. The lowest BCUT2D eigenvalue weighted by molar-refractivity contribution is 0.341. The number of aryl methyl sites for hydroxylation is 1. The molecule has 0 amide bonds. The van der Waals surface area contributed by atoms with Crippen LogP contribution in [0.3, 0.4) is 0 Å². The third-order valence-corrected chi connectivity index (χ3v) is 4.36. The molecule has 108 valence electrons. The van der Waals surface area contributed by atoms with E-state index in [1.807, 2.05) is 31.2 Å². The number of nitrogens with zero attached hydrogens (tertiary/aromatic N) is 1. The summed E-state index contributed by atoms with van der Waals surface area (Å²) in [5.74, 6) is 0.888. The maximum atomic E-state index is 5.53. The van der Waals surface area contributed by atoms with E-state index in [-0.39, 0.29) is 0 Å². The Morgan fingerprint density at radius 3 is 2.86 bits per heavy atom. The Labute approximate surface area is 136 Å². The quantitative estimate of drug-likeness (QED) is 0.664. The van der Waals surface area contributed by atoms with Crippen molar-refractivity contribution in [3.8, 4) is 5.75 Å². The van der Waals surface area contributed by atoms with E-state index in [1.54, 1.807) is 11.3 Å². The Morgan fingerprint density at radius 1 is 1.24 bits per heavy atom. The zero-order valence-corrected chi connectivity index (χ0v) is 14.2. The summed E-state index contributed by atoms with van der Waals surface area (Å²) in [5, 5.41) is 4.25. The Kier molecular flexibility index (Phi) is 4.12. The molecule has 0 aliphatic heterocycles. The second kappa shape index (κ2) is 6.03. The number of thiazole rings is 1. The molecule has 3 aromatic rings. The molecular weight excluding hydrogens is 348 g/mol. The summed E-state index contributed by atoms with van der Waals surface area (Å²) < 4.78 is 7.71. The predicted octanol–water partition coefficient (Wildman–Crippen LogP) is 5.51. The van der Waals surface area contributed by atoms with Gasteiger partial charge in [0.05, 0.1) is 16.8 Å². The van der Waals surface area contributed by atoms with Crippen molar-refractivity contribution >= 4 is 48.3 Å². The molecule has 5 heteroatoms. The van der Waals surface area contributed by atoms with Crippen LogP contribution in [0.15, 0.2) is 40.9 Å². The predicted molar refractivity (Wildman–Crippen MR) is 93.0 cm³/mol. The van der Waals surface area contributed by atoms with Crippen LogP contribution in [-0.4, -0.2) is 11.6 Å². The highest BCUT2D eigenvalue weighted by atomic mass is 79.9. The van der Waals surface area contributed by atoms with E-state index in [0.29, 0.717) is 6.61 Å². The van der Waals surface area contributed by atoms with E-state index >= 15 is 0 Å². The van der Waals surface area contributed by atoms with Gasteiger partial charge in [-0.3, -0.25) is 0 Å². The number of anilines is 2. The van der Waals surface area contributed by atoms with Gasteiger partial charge in [0, 0.05) is 10.2 Å². The summed E-state index contributed by atoms with van der Waals surface area (Å²) in [6.45, 7) is 4.73. The first kappa shape index (κ1) is 14.4. The van der Waals surface area contributed by atoms with Crippen LogP contribution in [0.4, 0.5) is 10.8 Å². The molecule has 1 aromatic heterocycles. The molecule has 0 atom stereocenters. The number of benzene rings is 2. The maximum Gasteiger partial charge on any atom is 0.188 e. The standard InChI is InChI=1S/C16H15BrN2OS/c1-3-20-13-4-5-14-15(9-13)21-16(19-14)18-12-7-10(2)6-11(17)8-12/h4-9H,3H2,1-2H3,(H,18,19). The molecule has 0 aliphatic carbocycles. The molecule has 21 heavy (non-hydrogen) atoms. The summed E-state index contributed by atoms with van der Waals surface area (Å²) in [4.78, 5) is 4.61. The van der Waals surface area contributed by atoms with E-state index in [0.717, 1.165) is 31.3 Å². The second-order valence-corrected chi connectivity index (χ2v) is 6.67. The normalized spacial score (nSPS) is 10.8. The SMILES string of the molecule is CCOc1ccc2nc(Nc3cc(C)cc(Br)c3)sc2c1. The number of fused-ring (bicyclic) bond motifs is 1. The molecular formula is C16H15BrN2OS. The van der Waals surface area contributed by atoms with Crippen LogP contribution in [-0.2, 0) is 0 Å². The highest BCUT2D eigenvalue weighted by Gasteiger charge is 2.06. The van der Waals surface area contributed by atoms with Gasteiger partial charge >= 0.3 is 0 Å². The van der Waals surface area contributed by atoms with Gasteiger partial charge in [0.25, 0.3) is 0 Å². The molecule has 0 bridgehead atoms. The fourth-order valence-electron chi connectivity index (χ4n) is 2.15. The van der Waals surface area contributed by atoms with Crippen LogP contribution < -0.4 is 10.1 Å². The summed E-state index contributed by atoms with van der Waals surface area (Å²) in [6.07, 6.45) is 0. The monoisotopic (exact) mass is 362 g/mol. The van der Waals surface area contributed by atoms with Crippen molar-refractivity contribution in [2.75, 3.05) is 11.9 Å². The Morgan fingerprint density at radius 2 is 2.10 bits per heavy atom. The van der Waals surface area contributed by atoms with Gasteiger partial charge in [-0.15, -0.1) is 0 Å². The van der Waals surface area contributed by atoms with Gasteiger partial charge in [-0.1, -0.05) is 27.3 Å². The summed E-state index contributed by atoms with van der Waals surface area (Å²) in [5.41, 5.74) is 3.22. The number of aromatic nitrogens is 1. The van der Waals surface area contributed by atoms with E-state index in [4.69, 9.17) is 4.74 Å². The molecule has 3 rings (SSSR count). The van der Waals surface area contributed by atoms with Gasteiger partial charge in [0.2, 0.25) is 0 Å². The lowest BCUT2D eigenvalue weighted by Gasteiger charge is -2.04. The molecule has 1 N–H and O–H groups in total. The van der Waals surface area contributed by atoms with Gasteiger partial charge in [-0.25, -0.2) is 4.98 Å². The van der Waals surface area contributed by atoms with Crippen molar-refractivity contribution in [2.24, 2.45) is 0 Å². The molecule has 0 unspecified atom stereocenters. The topological polar surface area (TPSA) is 34.1 Å². The van der Waals surface area contributed by atoms with E-state index < -0.39 is 0 Å². The number of ether oxygens (including phenoxy) is 1. The summed E-state index contributed by atoms with van der Waals surface area (Å²) >= 11 is 5.14. The molecule has 1 heterocycles. The van der Waals surface area contributed by atoms with Crippen LogP contribution in [0, 0.1) is 6.92 Å². The minimum atomic E-state index is 0.673. The van der Waals surface area contributed by atoms with Crippen molar-refractivity contribution in [1.82, 2.24) is 4.98 Å². The highest BCUT2D eigenvalue weighted by Crippen LogP contribution is 2.31. The number of rotatable bonds is 4. The average molecular weight is 363 g/mol. The van der Waals surface area contributed by atoms with Crippen molar-refractivity contribution in [3.63, 3.8) is 0 Å². The Bertz CT molecular complexity index is 765. The zero-order valence-electron chi connectivity index (χ0n) is 11.8. The molecule has 2 aromatic carbocycles. The van der Waals surface area contributed by atoms with Crippen molar-refractivity contribution in [3.05, 3.63) is 46.4 Å². The second-order valence-electron chi connectivity index (χ2n) is 4.72. The number of halogens is 1. The van der Waals surface area contributed by atoms with Crippen molar-refractivity contribution < 1.29 is 4.74 Å². The average Bonchev–Trinajstić information content (AvgIpc) is 2.79. The lowest BCUT2D eigenvalue weighted by Crippen LogP contribution is -1.90. The van der Waals surface area contributed by atoms with Crippen LogP contribution >= 0.6 is 27.3 Å². The van der Waals surface area contributed by atoms with Gasteiger partial charge in [0.15, 0.2) is 5.13 Å². The smallest absolute Gasteiger partial charge is 0.188 e. The Balaban J connectivity index is 1.90. The largest absolute Gasteiger partial charge is 0.494 e. The first-order chi connectivity index (χ1) is 10.1. The van der Waals surface area contributed by atoms with Crippen LogP contribution in [0.25, 0.3) is 10.2 Å². The van der Waals surface area contributed by atoms with E-state index in [9.17, 15) is 0 Å². The summed E-state index contributed by atoms with van der Waals surface area (Å²) in [7, 11) is 0. The number of hydrogen-bond donors (Lipinski definition) is 1. The van der Waals surface area contributed by atoms with Crippen LogP contribution in [0.1, 0.15) is 12.5 Å². The van der Waals surface area contributed by atoms with Gasteiger partial charge in [-0.2, -0.15) is 0 Å². The third-order valence-electron chi connectivity index (χ3n) is 2.96. The highest BCUT2D eigenvalue weighted by molar-refractivity contribution is 9.10. The fraction of sp³-hybridized carbons (Fsp3) is 0.188. The number of nitrogens with one attached hydrogen (secondary N) is 1. The van der Waals surface area contributed by atoms with E-state index in [2.05, 4.69) is 45.3 Å². The molecule has 0 aliphatic rings. The number of hydrogen-bond acceptors (Lipinski definition) is 4. The third kappa shape index (κ3) is 3.36. The lowest BCUT2D eigenvalue weighted by atomic mass is 10.2. The van der Waals surface area contributed by atoms with Gasteiger partial charge in [0.1, 0.15) is 5.75 Å². The fourth-order valence-corrected chi connectivity index (χ4v) is 3.67. The van der Waals surface area contributed by atoms with Crippen molar-refractivity contribution in [2.45, 2.75) is 13.8 Å². The molecule has 0 fully saturated rings. The minimum absolute atomic E-state index is 0.673. The zero-order chi connectivity index (χ0) is 14.8. The molecule has 3 nitrogen and oxygen atoms in total. The van der Waals surface area contributed by atoms with Crippen molar-refractivity contribution in [1.29, 1.82) is 0 Å². The van der Waals surface area contributed by atoms with Gasteiger partial charge in [-0.05, 0) is 55.8 Å². The van der Waals surface area contributed by atoms with Gasteiger partial charge < -0.3 is 10.1 Å². The van der Waals surface area contributed by atoms with Crippen LogP contribution in [0.2, 0.25) is 0 Å². The molecule has 0 spiro atoms. The van der Waals surface area contributed by atoms with E-state index in [1.165, 1.54) is 5.56 Å². The minimum Gasteiger partial charge on any atom is -0.494 e. The molecule has 0 radical (unpaired) electrons. The first-order valence-corrected chi connectivity index (χ1v) is 8.32. The van der Waals surface area contributed by atoms with Crippen LogP contribution in [0.5, 0.6) is 5.75 Å². The molecule has 0 saturated heterocycles.